The number of nitrogens with two attached hydrogens (primary N) is 1. The minimum Gasteiger partial charge on any atom is -0.352 e. The first-order chi connectivity index (χ1) is 9.78. The van der Waals surface area contributed by atoms with E-state index in [0.717, 1.165) is 19.5 Å². The predicted molar refractivity (Wildman–Crippen MR) is 75.8 cm³/mol. The fraction of sp³-hybridized carbons (Fsp3) is 0.692. The highest BCUT2D eigenvalue weighted by atomic mass is 19.1. The molecular formula is C13H21FN6. The normalized spacial score (nSPS) is 24.1. The summed E-state index contributed by atoms with van der Waals surface area (Å²) >= 11 is 0. The zero-order valence-corrected chi connectivity index (χ0v) is 11.6. The molecule has 0 saturated carbocycles. The van der Waals surface area contributed by atoms with Gasteiger partial charge in [-0.15, -0.1) is 0 Å². The molecular weight excluding hydrogens is 259 g/mol. The first kappa shape index (κ1) is 13.5. The molecule has 0 spiro atoms. The van der Waals surface area contributed by atoms with Crippen molar-refractivity contribution in [3.8, 4) is 0 Å². The summed E-state index contributed by atoms with van der Waals surface area (Å²) in [5.74, 6) is 5.51. The summed E-state index contributed by atoms with van der Waals surface area (Å²) in [5.41, 5.74) is 2.37. The quantitative estimate of drug-likeness (QED) is 0.635. The minimum absolute atomic E-state index is 0.253. The average molecular weight is 280 g/mol. The number of nitrogen functional groups attached to an aromatic ring is 1. The van der Waals surface area contributed by atoms with E-state index in [0.29, 0.717) is 11.9 Å². The number of aromatic nitrogens is 2. The second-order valence-electron chi connectivity index (χ2n) is 5.49. The van der Waals surface area contributed by atoms with Crippen LogP contribution >= 0.6 is 0 Å². The van der Waals surface area contributed by atoms with Crippen LogP contribution in [0, 0.1) is 5.82 Å². The number of halogens is 1. The SMILES string of the molecule is NNc1ncc(F)c(N2CCC(N3CCCCC3)C2)n1. The van der Waals surface area contributed by atoms with Crippen molar-refractivity contribution in [3.05, 3.63) is 12.0 Å². The van der Waals surface area contributed by atoms with Gasteiger partial charge in [-0.05, 0) is 32.4 Å². The van der Waals surface area contributed by atoms with E-state index in [2.05, 4.69) is 20.3 Å². The number of likely N-dealkylation sites (tertiary alicyclic amines) is 1. The van der Waals surface area contributed by atoms with Gasteiger partial charge in [0, 0.05) is 19.1 Å². The van der Waals surface area contributed by atoms with E-state index >= 15 is 0 Å². The van der Waals surface area contributed by atoms with Crippen molar-refractivity contribution in [3.63, 3.8) is 0 Å². The lowest BCUT2D eigenvalue weighted by Gasteiger charge is -2.32. The standard InChI is InChI=1S/C13H21FN6/c14-11-8-16-13(18-15)17-12(11)20-7-4-10(9-20)19-5-2-1-3-6-19/h8,10H,1-7,9,15H2,(H,16,17,18). The maximum Gasteiger partial charge on any atom is 0.239 e. The second-order valence-corrected chi connectivity index (χ2v) is 5.49. The minimum atomic E-state index is -0.386. The van der Waals surface area contributed by atoms with E-state index in [-0.39, 0.29) is 11.8 Å². The molecule has 110 valence electrons. The van der Waals surface area contributed by atoms with Crippen LogP contribution in [0.25, 0.3) is 0 Å². The Bertz CT molecular complexity index is 462. The van der Waals surface area contributed by atoms with E-state index in [1.807, 2.05) is 4.90 Å². The van der Waals surface area contributed by atoms with Gasteiger partial charge in [-0.3, -0.25) is 10.3 Å². The molecule has 20 heavy (non-hydrogen) atoms. The van der Waals surface area contributed by atoms with Gasteiger partial charge in [-0.25, -0.2) is 15.2 Å². The molecule has 3 rings (SSSR count). The highest BCUT2D eigenvalue weighted by Gasteiger charge is 2.30. The van der Waals surface area contributed by atoms with Crippen LogP contribution < -0.4 is 16.2 Å². The van der Waals surface area contributed by atoms with Crippen LogP contribution in [0.1, 0.15) is 25.7 Å². The molecule has 0 radical (unpaired) electrons. The number of hydrogen-bond donors (Lipinski definition) is 2. The summed E-state index contributed by atoms with van der Waals surface area (Å²) in [4.78, 5) is 12.4. The zero-order chi connectivity index (χ0) is 13.9. The number of nitrogens with zero attached hydrogens (tertiary/aromatic N) is 4. The van der Waals surface area contributed by atoms with Crippen LogP contribution in [0.5, 0.6) is 0 Å². The lowest BCUT2D eigenvalue weighted by molar-refractivity contribution is 0.174. The largest absolute Gasteiger partial charge is 0.352 e. The van der Waals surface area contributed by atoms with Gasteiger partial charge in [0.1, 0.15) is 0 Å². The molecule has 2 aliphatic rings. The Hall–Kier alpha value is -1.47. The number of hydrogen-bond acceptors (Lipinski definition) is 6. The molecule has 1 unspecified atom stereocenters. The molecule has 2 aliphatic heterocycles. The maximum absolute atomic E-state index is 13.9. The van der Waals surface area contributed by atoms with Crippen LogP contribution in [0.3, 0.4) is 0 Å². The molecule has 1 aromatic heterocycles. The van der Waals surface area contributed by atoms with Crippen molar-refractivity contribution in [2.24, 2.45) is 5.84 Å². The van der Waals surface area contributed by atoms with Crippen molar-refractivity contribution in [1.82, 2.24) is 14.9 Å². The van der Waals surface area contributed by atoms with Crippen LogP contribution in [0.15, 0.2) is 6.20 Å². The molecule has 6 nitrogen and oxygen atoms in total. The van der Waals surface area contributed by atoms with E-state index < -0.39 is 0 Å². The molecule has 0 aliphatic carbocycles. The van der Waals surface area contributed by atoms with Crippen LogP contribution in [0.4, 0.5) is 16.2 Å². The van der Waals surface area contributed by atoms with Gasteiger partial charge in [0.2, 0.25) is 5.95 Å². The third-order valence-electron chi connectivity index (χ3n) is 4.22. The number of nitrogens with one attached hydrogen (secondary N) is 1. The lowest BCUT2D eigenvalue weighted by atomic mass is 10.1. The summed E-state index contributed by atoms with van der Waals surface area (Å²) in [6.07, 6.45) is 6.12. The average Bonchev–Trinajstić information content (AvgIpc) is 2.98. The van der Waals surface area contributed by atoms with Crippen molar-refractivity contribution < 1.29 is 4.39 Å². The number of anilines is 2. The predicted octanol–water partition coefficient (Wildman–Crippen LogP) is 0.966. The molecule has 7 heteroatoms. The van der Waals surface area contributed by atoms with Crippen LogP contribution in [-0.2, 0) is 0 Å². The van der Waals surface area contributed by atoms with E-state index in [9.17, 15) is 4.39 Å². The maximum atomic E-state index is 13.9. The third-order valence-corrected chi connectivity index (χ3v) is 4.22. The second kappa shape index (κ2) is 5.88. The molecule has 2 fully saturated rings. The van der Waals surface area contributed by atoms with Crippen molar-refractivity contribution in [2.75, 3.05) is 36.5 Å². The highest BCUT2D eigenvalue weighted by molar-refractivity contribution is 5.44. The van der Waals surface area contributed by atoms with Gasteiger partial charge < -0.3 is 4.90 Å². The van der Waals surface area contributed by atoms with Gasteiger partial charge in [0.15, 0.2) is 11.6 Å². The Morgan fingerprint density at radius 2 is 2.05 bits per heavy atom. The fourth-order valence-corrected chi connectivity index (χ4v) is 3.17. The van der Waals surface area contributed by atoms with Crippen molar-refractivity contribution in [2.45, 2.75) is 31.7 Å². The zero-order valence-electron chi connectivity index (χ0n) is 11.6. The highest BCUT2D eigenvalue weighted by Crippen LogP contribution is 2.25. The van der Waals surface area contributed by atoms with Gasteiger partial charge in [0.25, 0.3) is 0 Å². The topological polar surface area (TPSA) is 70.3 Å². The Kier molecular flexibility index (Phi) is 3.98. The Labute approximate surface area is 118 Å². The monoisotopic (exact) mass is 280 g/mol. The Morgan fingerprint density at radius 1 is 1.25 bits per heavy atom. The van der Waals surface area contributed by atoms with Gasteiger partial charge in [0.05, 0.1) is 6.20 Å². The summed E-state index contributed by atoms with van der Waals surface area (Å²) in [5, 5.41) is 0. The molecule has 0 amide bonds. The molecule has 2 saturated heterocycles. The smallest absolute Gasteiger partial charge is 0.239 e. The summed E-state index contributed by atoms with van der Waals surface area (Å²) in [6, 6.07) is 0.513. The van der Waals surface area contributed by atoms with Gasteiger partial charge in [-0.1, -0.05) is 6.42 Å². The molecule has 1 atom stereocenters. The first-order valence-corrected chi connectivity index (χ1v) is 7.26. The molecule has 3 N–H and O–H groups in total. The van der Waals surface area contributed by atoms with Gasteiger partial charge >= 0.3 is 0 Å². The number of piperidine rings is 1. The summed E-state index contributed by atoms with van der Waals surface area (Å²) < 4.78 is 13.9. The van der Waals surface area contributed by atoms with E-state index in [4.69, 9.17) is 5.84 Å². The summed E-state index contributed by atoms with van der Waals surface area (Å²) in [7, 11) is 0. The molecule has 1 aromatic rings. The first-order valence-electron chi connectivity index (χ1n) is 7.26. The van der Waals surface area contributed by atoms with Crippen LogP contribution in [-0.4, -0.2) is 47.1 Å². The Balaban J connectivity index is 1.70. The lowest BCUT2D eigenvalue weighted by Crippen LogP contribution is -2.41. The molecule has 0 aromatic carbocycles. The molecule has 0 bridgehead atoms. The number of rotatable bonds is 3. The number of hydrazine groups is 1. The van der Waals surface area contributed by atoms with E-state index in [1.165, 1.54) is 38.5 Å². The van der Waals surface area contributed by atoms with Crippen LogP contribution in [0.2, 0.25) is 0 Å². The third kappa shape index (κ3) is 2.69. The Morgan fingerprint density at radius 3 is 2.80 bits per heavy atom. The summed E-state index contributed by atoms with van der Waals surface area (Å²) in [6.45, 7) is 4.00. The van der Waals surface area contributed by atoms with Crippen molar-refractivity contribution >= 4 is 11.8 Å². The van der Waals surface area contributed by atoms with Gasteiger partial charge in [-0.2, -0.15) is 4.98 Å². The fourth-order valence-electron chi connectivity index (χ4n) is 3.17. The van der Waals surface area contributed by atoms with Crippen molar-refractivity contribution in [1.29, 1.82) is 0 Å². The molecule has 3 heterocycles. The van der Waals surface area contributed by atoms with E-state index in [1.54, 1.807) is 0 Å².